The van der Waals surface area contributed by atoms with E-state index >= 15 is 0 Å². The molecule has 0 amide bonds. The average molecular weight is 277 g/mol. The molecule has 0 aromatic carbocycles. The van der Waals surface area contributed by atoms with Crippen LogP contribution in [0.2, 0.25) is 0 Å². The van der Waals surface area contributed by atoms with Gasteiger partial charge in [0.1, 0.15) is 11.3 Å². The van der Waals surface area contributed by atoms with Crippen LogP contribution in [0, 0.1) is 5.92 Å². The third kappa shape index (κ3) is 3.95. The molecule has 110 valence electrons. The summed E-state index contributed by atoms with van der Waals surface area (Å²) in [5.74, 6) is 0.857. The fraction of sp³-hybridized carbons (Fsp3) is 0.625. The Hall–Kier alpha value is -1.58. The van der Waals surface area contributed by atoms with E-state index in [4.69, 9.17) is 9.47 Å². The fourth-order valence-electron chi connectivity index (χ4n) is 2.90. The van der Waals surface area contributed by atoms with E-state index in [1.165, 1.54) is 45.4 Å². The first kappa shape index (κ1) is 14.8. The van der Waals surface area contributed by atoms with Crippen molar-refractivity contribution in [3.05, 3.63) is 24.0 Å². The summed E-state index contributed by atoms with van der Waals surface area (Å²) in [5.41, 5.74) is 0.394. The normalized spacial score (nSPS) is 17.5. The molecule has 4 nitrogen and oxygen atoms in total. The zero-order valence-electron chi connectivity index (χ0n) is 12.3. The lowest BCUT2D eigenvalue weighted by Crippen LogP contribution is -2.20. The first-order valence-corrected chi connectivity index (χ1v) is 7.39. The second-order valence-electron chi connectivity index (χ2n) is 5.53. The lowest BCUT2D eigenvalue weighted by atomic mass is 9.86. The predicted octanol–water partition coefficient (Wildman–Crippen LogP) is 3.61. The van der Waals surface area contributed by atoms with E-state index in [2.05, 4.69) is 4.98 Å². The molecule has 1 fully saturated rings. The van der Waals surface area contributed by atoms with Gasteiger partial charge in [-0.2, -0.15) is 0 Å². The molecular formula is C16H23NO3. The van der Waals surface area contributed by atoms with Gasteiger partial charge in [0.15, 0.2) is 0 Å². The maximum atomic E-state index is 12.1. The van der Waals surface area contributed by atoms with Gasteiger partial charge in [0.05, 0.1) is 13.2 Å². The Morgan fingerprint density at radius 2 is 2.15 bits per heavy atom. The van der Waals surface area contributed by atoms with E-state index in [0.717, 1.165) is 6.42 Å². The van der Waals surface area contributed by atoms with E-state index in [1.807, 2.05) is 6.92 Å². The van der Waals surface area contributed by atoms with Crippen LogP contribution >= 0.6 is 0 Å². The van der Waals surface area contributed by atoms with Crippen LogP contribution < -0.4 is 4.74 Å². The van der Waals surface area contributed by atoms with Gasteiger partial charge in [-0.05, 0) is 25.3 Å². The number of esters is 1. The summed E-state index contributed by atoms with van der Waals surface area (Å²) < 4.78 is 10.7. The molecule has 1 heterocycles. The number of ether oxygens (including phenoxy) is 2. The summed E-state index contributed by atoms with van der Waals surface area (Å²) in [6.45, 7) is 1.97. The Morgan fingerprint density at radius 3 is 2.85 bits per heavy atom. The Labute approximate surface area is 120 Å². The van der Waals surface area contributed by atoms with Crippen LogP contribution in [0.1, 0.15) is 55.8 Å². The highest BCUT2D eigenvalue weighted by Gasteiger charge is 2.21. The zero-order chi connectivity index (χ0) is 14.4. The van der Waals surface area contributed by atoms with Crippen LogP contribution in [0.5, 0.6) is 5.75 Å². The lowest BCUT2D eigenvalue weighted by molar-refractivity contribution is 0.0270. The van der Waals surface area contributed by atoms with Crippen LogP contribution in [0.15, 0.2) is 18.5 Å². The third-order valence-corrected chi connectivity index (χ3v) is 3.92. The monoisotopic (exact) mass is 277 g/mol. The number of nitrogens with zero attached hydrogens (tertiary/aromatic N) is 1. The molecule has 20 heavy (non-hydrogen) atoms. The fourth-order valence-corrected chi connectivity index (χ4v) is 2.90. The second-order valence-corrected chi connectivity index (χ2v) is 5.53. The summed E-state index contributed by atoms with van der Waals surface area (Å²) in [4.78, 5) is 16.1. The maximum absolute atomic E-state index is 12.1. The second kappa shape index (κ2) is 7.27. The van der Waals surface area contributed by atoms with Crippen molar-refractivity contribution in [3.63, 3.8) is 0 Å². The largest absolute Gasteiger partial charge is 0.496 e. The van der Waals surface area contributed by atoms with Gasteiger partial charge in [-0.1, -0.05) is 32.1 Å². The molecule has 1 aromatic heterocycles. The molecule has 1 aliphatic rings. The molecule has 0 unspecified atom stereocenters. The topological polar surface area (TPSA) is 48.4 Å². The molecule has 0 bridgehead atoms. The molecule has 1 aromatic rings. The highest BCUT2D eigenvalue weighted by atomic mass is 16.5. The summed E-state index contributed by atoms with van der Waals surface area (Å²) >= 11 is 0. The van der Waals surface area contributed by atoms with Crippen molar-refractivity contribution in [3.8, 4) is 5.75 Å². The molecule has 1 aliphatic carbocycles. The van der Waals surface area contributed by atoms with Crippen molar-refractivity contribution in [1.82, 2.24) is 4.98 Å². The van der Waals surface area contributed by atoms with Crippen molar-refractivity contribution < 1.29 is 14.3 Å². The van der Waals surface area contributed by atoms with E-state index in [-0.39, 0.29) is 12.1 Å². The lowest BCUT2D eigenvalue weighted by Gasteiger charge is -2.24. The summed E-state index contributed by atoms with van der Waals surface area (Å²) in [6.07, 6.45) is 10.5. The number of methoxy groups -OCH3 is 1. The van der Waals surface area contributed by atoms with Crippen LogP contribution in [-0.2, 0) is 4.74 Å². The summed E-state index contributed by atoms with van der Waals surface area (Å²) in [6, 6.07) is 1.67. The molecule has 0 saturated heterocycles. The zero-order valence-corrected chi connectivity index (χ0v) is 12.3. The van der Waals surface area contributed by atoms with Gasteiger partial charge in [0, 0.05) is 12.4 Å². The Kier molecular flexibility index (Phi) is 5.39. The van der Waals surface area contributed by atoms with Crippen LogP contribution in [0.4, 0.5) is 0 Å². The molecule has 0 spiro atoms. The summed E-state index contributed by atoms with van der Waals surface area (Å²) in [7, 11) is 1.54. The molecule has 1 saturated carbocycles. The minimum absolute atomic E-state index is 0.0597. The van der Waals surface area contributed by atoms with Crippen molar-refractivity contribution in [2.45, 2.75) is 51.6 Å². The SMILES string of the molecule is COc1ccncc1C(=O)O[C@@H](C)CC1CCCCC1. The van der Waals surface area contributed by atoms with E-state index in [1.54, 1.807) is 12.3 Å². The van der Waals surface area contributed by atoms with E-state index < -0.39 is 0 Å². The molecule has 4 heteroatoms. The molecule has 0 radical (unpaired) electrons. The van der Waals surface area contributed by atoms with Gasteiger partial charge in [-0.3, -0.25) is 4.98 Å². The number of hydrogen-bond acceptors (Lipinski definition) is 4. The van der Waals surface area contributed by atoms with Crippen molar-refractivity contribution in [2.24, 2.45) is 5.92 Å². The number of aromatic nitrogens is 1. The molecule has 0 N–H and O–H groups in total. The quantitative estimate of drug-likeness (QED) is 0.771. The van der Waals surface area contributed by atoms with E-state index in [0.29, 0.717) is 17.2 Å². The Balaban J connectivity index is 1.89. The minimum Gasteiger partial charge on any atom is -0.496 e. The number of carbonyl (C=O) groups excluding carboxylic acids is 1. The van der Waals surface area contributed by atoms with Crippen molar-refractivity contribution in [2.75, 3.05) is 7.11 Å². The van der Waals surface area contributed by atoms with Gasteiger partial charge in [-0.25, -0.2) is 4.79 Å². The first-order chi connectivity index (χ1) is 9.70. The minimum atomic E-state index is -0.349. The van der Waals surface area contributed by atoms with Gasteiger partial charge in [-0.15, -0.1) is 0 Å². The average Bonchev–Trinajstić information content (AvgIpc) is 2.48. The molecule has 2 rings (SSSR count). The molecule has 1 atom stereocenters. The van der Waals surface area contributed by atoms with Crippen LogP contribution in [0.25, 0.3) is 0 Å². The smallest absolute Gasteiger partial charge is 0.343 e. The van der Waals surface area contributed by atoms with Gasteiger partial charge in [0.25, 0.3) is 0 Å². The van der Waals surface area contributed by atoms with Crippen molar-refractivity contribution in [1.29, 1.82) is 0 Å². The van der Waals surface area contributed by atoms with Crippen LogP contribution in [0.3, 0.4) is 0 Å². The first-order valence-electron chi connectivity index (χ1n) is 7.39. The number of hydrogen-bond donors (Lipinski definition) is 0. The number of carbonyl (C=O) groups is 1. The number of pyridine rings is 1. The maximum Gasteiger partial charge on any atom is 0.343 e. The number of rotatable bonds is 5. The van der Waals surface area contributed by atoms with Crippen molar-refractivity contribution >= 4 is 5.97 Å². The van der Waals surface area contributed by atoms with Gasteiger partial charge >= 0.3 is 5.97 Å². The third-order valence-electron chi connectivity index (χ3n) is 3.92. The predicted molar refractivity (Wildman–Crippen MR) is 76.9 cm³/mol. The highest BCUT2D eigenvalue weighted by Crippen LogP contribution is 2.28. The van der Waals surface area contributed by atoms with Gasteiger partial charge < -0.3 is 9.47 Å². The molecule has 0 aliphatic heterocycles. The Morgan fingerprint density at radius 1 is 1.40 bits per heavy atom. The highest BCUT2D eigenvalue weighted by molar-refractivity contribution is 5.92. The molecular weight excluding hydrogens is 254 g/mol. The standard InChI is InChI=1S/C16H23NO3/c1-12(10-13-6-4-3-5-7-13)20-16(18)14-11-17-9-8-15(14)19-2/h8-9,11-13H,3-7,10H2,1-2H3/t12-/m0/s1. The van der Waals surface area contributed by atoms with Gasteiger partial charge in [0.2, 0.25) is 0 Å². The Bertz CT molecular complexity index is 441. The summed E-state index contributed by atoms with van der Waals surface area (Å²) in [5, 5.41) is 0. The van der Waals surface area contributed by atoms with E-state index in [9.17, 15) is 4.79 Å². The van der Waals surface area contributed by atoms with Crippen LogP contribution in [-0.4, -0.2) is 24.2 Å².